The monoisotopic (exact) mass is 250 g/mol. The molecule has 0 radical (unpaired) electrons. The first-order valence-corrected chi connectivity index (χ1v) is 5.30. The summed E-state index contributed by atoms with van der Waals surface area (Å²) in [4.78, 5) is 4.13. The molecule has 0 aliphatic rings. The third-order valence-corrected chi connectivity index (χ3v) is 2.44. The predicted octanol–water partition coefficient (Wildman–Crippen LogP) is 3.09. The van der Waals surface area contributed by atoms with E-state index in [1.807, 2.05) is 0 Å². The summed E-state index contributed by atoms with van der Waals surface area (Å²) in [5.41, 5.74) is 0.531. The minimum absolute atomic E-state index is 0.245. The van der Waals surface area contributed by atoms with E-state index in [0.717, 1.165) is 0 Å². The Labute approximate surface area is 103 Å². The molecule has 2 aromatic rings. The SMILES string of the molecule is C#CCCc1nc(-c2ccc(F)cc2Cl)no1. The highest BCUT2D eigenvalue weighted by atomic mass is 35.5. The summed E-state index contributed by atoms with van der Waals surface area (Å²) in [5.74, 6) is 2.85. The fourth-order valence-corrected chi connectivity index (χ4v) is 1.57. The fourth-order valence-electron chi connectivity index (χ4n) is 1.32. The van der Waals surface area contributed by atoms with E-state index in [2.05, 4.69) is 16.1 Å². The maximum atomic E-state index is 12.9. The third kappa shape index (κ3) is 2.63. The lowest BCUT2D eigenvalue weighted by Gasteiger charge is -1.97. The van der Waals surface area contributed by atoms with Gasteiger partial charge in [0.05, 0.1) is 5.02 Å². The second kappa shape index (κ2) is 4.98. The molecule has 5 heteroatoms. The highest BCUT2D eigenvalue weighted by Gasteiger charge is 2.11. The van der Waals surface area contributed by atoms with Gasteiger partial charge in [-0.1, -0.05) is 16.8 Å². The maximum absolute atomic E-state index is 12.9. The molecular weight excluding hydrogens is 243 g/mol. The average molecular weight is 251 g/mol. The topological polar surface area (TPSA) is 38.9 Å². The second-order valence-electron chi connectivity index (χ2n) is 3.34. The number of hydrogen-bond acceptors (Lipinski definition) is 3. The van der Waals surface area contributed by atoms with Crippen molar-refractivity contribution in [2.24, 2.45) is 0 Å². The van der Waals surface area contributed by atoms with Crippen molar-refractivity contribution in [2.75, 3.05) is 0 Å². The van der Waals surface area contributed by atoms with Crippen LogP contribution in [0.2, 0.25) is 5.02 Å². The number of aromatic nitrogens is 2. The molecule has 17 heavy (non-hydrogen) atoms. The van der Waals surface area contributed by atoms with Crippen LogP contribution in [0.1, 0.15) is 12.3 Å². The van der Waals surface area contributed by atoms with Crippen molar-refractivity contribution >= 4 is 11.6 Å². The Morgan fingerprint density at radius 2 is 2.29 bits per heavy atom. The number of rotatable bonds is 3. The molecule has 0 unspecified atom stereocenters. The number of nitrogens with zero attached hydrogens (tertiary/aromatic N) is 2. The first-order valence-electron chi connectivity index (χ1n) is 4.92. The Balaban J connectivity index is 2.28. The van der Waals surface area contributed by atoms with Crippen molar-refractivity contribution in [3.8, 4) is 23.7 Å². The Morgan fingerprint density at radius 3 is 3.00 bits per heavy atom. The minimum Gasteiger partial charge on any atom is -0.339 e. The van der Waals surface area contributed by atoms with Gasteiger partial charge >= 0.3 is 0 Å². The quantitative estimate of drug-likeness (QED) is 0.786. The van der Waals surface area contributed by atoms with Crippen LogP contribution < -0.4 is 0 Å². The Hall–Kier alpha value is -1.86. The number of benzene rings is 1. The van der Waals surface area contributed by atoms with E-state index in [4.69, 9.17) is 22.5 Å². The molecular formula is C12H8ClFN2O. The van der Waals surface area contributed by atoms with Crippen molar-refractivity contribution < 1.29 is 8.91 Å². The zero-order valence-electron chi connectivity index (χ0n) is 8.78. The Kier molecular flexibility index (Phi) is 3.40. The van der Waals surface area contributed by atoms with Gasteiger partial charge in [0, 0.05) is 18.4 Å². The van der Waals surface area contributed by atoms with Gasteiger partial charge in [-0.25, -0.2) is 4.39 Å². The first kappa shape index (κ1) is 11.6. The molecule has 1 heterocycles. The van der Waals surface area contributed by atoms with Crippen LogP contribution in [0, 0.1) is 18.2 Å². The van der Waals surface area contributed by atoms with Gasteiger partial charge in [-0.15, -0.1) is 12.3 Å². The summed E-state index contributed by atoms with van der Waals surface area (Å²) in [6.07, 6.45) is 6.18. The first-order chi connectivity index (χ1) is 8.20. The van der Waals surface area contributed by atoms with Crippen LogP contribution in [0.4, 0.5) is 4.39 Å². The molecule has 1 aromatic heterocycles. The smallest absolute Gasteiger partial charge is 0.227 e. The lowest BCUT2D eigenvalue weighted by Crippen LogP contribution is -1.86. The van der Waals surface area contributed by atoms with Crippen LogP contribution in [-0.2, 0) is 6.42 Å². The number of aryl methyl sites for hydroxylation is 1. The molecule has 0 saturated carbocycles. The van der Waals surface area contributed by atoms with Crippen molar-refractivity contribution in [1.29, 1.82) is 0 Å². The predicted molar refractivity (Wildman–Crippen MR) is 61.9 cm³/mol. The van der Waals surface area contributed by atoms with Gasteiger partial charge in [0.1, 0.15) is 5.82 Å². The Bertz CT molecular complexity index is 574. The van der Waals surface area contributed by atoms with Crippen LogP contribution in [0.5, 0.6) is 0 Å². The van der Waals surface area contributed by atoms with Crippen molar-refractivity contribution in [2.45, 2.75) is 12.8 Å². The van der Waals surface area contributed by atoms with Gasteiger partial charge < -0.3 is 4.52 Å². The van der Waals surface area contributed by atoms with Gasteiger partial charge in [-0.2, -0.15) is 4.98 Å². The summed E-state index contributed by atoms with van der Waals surface area (Å²) in [5, 5.41) is 4.01. The van der Waals surface area contributed by atoms with Crippen LogP contribution in [-0.4, -0.2) is 10.1 Å². The summed E-state index contributed by atoms with van der Waals surface area (Å²) in [7, 11) is 0. The molecule has 2 rings (SSSR count). The van der Waals surface area contributed by atoms with Gasteiger partial charge in [0.15, 0.2) is 0 Å². The van der Waals surface area contributed by atoms with Crippen molar-refractivity contribution in [1.82, 2.24) is 10.1 Å². The van der Waals surface area contributed by atoms with Crippen LogP contribution in [0.3, 0.4) is 0 Å². The van der Waals surface area contributed by atoms with Crippen LogP contribution in [0.15, 0.2) is 22.7 Å². The van der Waals surface area contributed by atoms with Crippen LogP contribution in [0.25, 0.3) is 11.4 Å². The normalized spacial score (nSPS) is 10.2. The van der Waals surface area contributed by atoms with Gasteiger partial charge in [0.2, 0.25) is 11.7 Å². The highest BCUT2D eigenvalue weighted by molar-refractivity contribution is 6.33. The zero-order valence-corrected chi connectivity index (χ0v) is 9.54. The molecule has 86 valence electrons. The van der Waals surface area contributed by atoms with E-state index in [0.29, 0.717) is 30.1 Å². The molecule has 0 spiro atoms. The molecule has 0 fully saturated rings. The van der Waals surface area contributed by atoms with Crippen molar-refractivity contribution in [3.05, 3.63) is 34.9 Å². The average Bonchev–Trinajstić information content (AvgIpc) is 2.75. The number of halogens is 2. The molecule has 0 N–H and O–H groups in total. The Morgan fingerprint density at radius 1 is 1.47 bits per heavy atom. The molecule has 0 saturated heterocycles. The van der Waals surface area contributed by atoms with Gasteiger partial charge in [0.25, 0.3) is 0 Å². The van der Waals surface area contributed by atoms with Gasteiger partial charge in [-0.05, 0) is 18.2 Å². The van der Waals surface area contributed by atoms with E-state index in [1.54, 1.807) is 0 Å². The lowest BCUT2D eigenvalue weighted by molar-refractivity contribution is 0.380. The summed E-state index contributed by atoms with van der Waals surface area (Å²) >= 11 is 5.88. The van der Waals surface area contributed by atoms with Gasteiger partial charge in [-0.3, -0.25) is 0 Å². The standard InChI is InChI=1S/C12H8ClFN2O/c1-2-3-4-11-15-12(16-17-11)9-6-5-8(14)7-10(9)13/h1,5-7H,3-4H2. The van der Waals surface area contributed by atoms with Crippen molar-refractivity contribution in [3.63, 3.8) is 0 Å². The second-order valence-corrected chi connectivity index (χ2v) is 3.75. The minimum atomic E-state index is -0.408. The molecule has 0 aliphatic heterocycles. The number of terminal acetylenes is 1. The number of hydrogen-bond donors (Lipinski definition) is 0. The molecule has 0 amide bonds. The van der Waals surface area contributed by atoms with E-state index >= 15 is 0 Å². The highest BCUT2D eigenvalue weighted by Crippen LogP contribution is 2.26. The molecule has 1 aromatic carbocycles. The summed E-state index contributed by atoms with van der Waals surface area (Å²) < 4.78 is 17.9. The molecule has 0 bridgehead atoms. The molecule has 0 aliphatic carbocycles. The van der Waals surface area contributed by atoms with Crippen LogP contribution >= 0.6 is 11.6 Å². The van der Waals surface area contributed by atoms with E-state index in [1.165, 1.54) is 18.2 Å². The van der Waals surface area contributed by atoms with E-state index in [9.17, 15) is 4.39 Å². The third-order valence-electron chi connectivity index (χ3n) is 2.12. The van der Waals surface area contributed by atoms with E-state index < -0.39 is 5.82 Å². The summed E-state index contributed by atoms with van der Waals surface area (Å²) in [6.45, 7) is 0. The van der Waals surface area contributed by atoms with E-state index in [-0.39, 0.29) is 5.02 Å². The lowest BCUT2D eigenvalue weighted by atomic mass is 10.2. The maximum Gasteiger partial charge on any atom is 0.227 e. The molecule has 0 atom stereocenters. The fraction of sp³-hybridized carbons (Fsp3) is 0.167. The summed E-state index contributed by atoms with van der Waals surface area (Å²) in [6, 6.07) is 4.00. The molecule has 3 nitrogen and oxygen atoms in total. The zero-order chi connectivity index (χ0) is 12.3. The largest absolute Gasteiger partial charge is 0.339 e.